The molecular formula is C28H22F3N5O5. The zero-order valence-electron chi connectivity index (χ0n) is 21.6. The van der Waals surface area contributed by atoms with Crippen molar-refractivity contribution in [1.29, 1.82) is 5.26 Å². The van der Waals surface area contributed by atoms with E-state index in [2.05, 4.69) is 10.6 Å². The molecule has 3 aromatic rings. The molecule has 41 heavy (non-hydrogen) atoms. The van der Waals surface area contributed by atoms with E-state index in [0.717, 1.165) is 12.1 Å². The SMILES string of the molecule is CC1(C)C(=O)N(c2ccc(C#N)c(C(F)(F)F)c2)C(=O)N1Cc1ccccc1NC(=O)Nc1ccc(C(=O)O)cc1. The topological polar surface area (TPSA) is 143 Å². The Bertz CT molecular complexity index is 1600. The molecule has 0 radical (unpaired) electrons. The molecule has 13 heteroatoms. The van der Waals surface area contributed by atoms with Gasteiger partial charge in [0.15, 0.2) is 0 Å². The maximum Gasteiger partial charge on any atom is 0.417 e. The fraction of sp³-hybridized carbons (Fsp3) is 0.179. The van der Waals surface area contributed by atoms with Crippen LogP contribution in [0.4, 0.5) is 39.8 Å². The Morgan fingerprint density at radius 2 is 1.66 bits per heavy atom. The second kappa shape index (κ2) is 10.6. The van der Waals surface area contributed by atoms with Gasteiger partial charge in [-0.05, 0) is 67.9 Å². The van der Waals surface area contributed by atoms with Crippen LogP contribution in [0.2, 0.25) is 0 Å². The highest BCUT2D eigenvalue weighted by Crippen LogP contribution is 2.38. The summed E-state index contributed by atoms with van der Waals surface area (Å²) in [4.78, 5) is 52.2. The number of alkyl halides is 3. The Labute approximate surface area is 231 Å². The van der Waals surface area contributed by atoms with Crippen LogP contribution in [-0.2, 0) is 17.5 Å². The molecule has 0 saturated carbocycles. The minimum Gasteiger partial charge on any atom is -0.478 e. The van der Waals surface area contributed by atoms with Crippen molar-refractivity contribution in [3.05, 3.63) is 89.0 Å². The summed E-state index contributed by atoms with van der Waals surface area (Å²) in [5.74, 6) is -1.89. The molecule has 4 rings (SSSR count). The second-order valence-corrected chi connectivity index (χ2v) is 9.53. The van der Waals surface area contributed by atoms with Crippen LogP contribution in [0, 0.1) is 11.3 Å². The zero-order valence-corrected chi connectivity index (χ0v) is 21.6. The van der Waals surface area contributed by atoms with Gasteiger partial charge in [0.25, 0.3) is 5.91 Å². The van der Waals surface area contributed by atoms with Gasteiger partial charge in [-0.2, -0.15) is 18.4 Å². The van der Waals surface area contributed by atoms with Crippen molar-refractivity contribution in [2.24, 2.45) is 0 Å². The smallest absolute Gasteiger partial charge is 0.417 e. The molecule has 1 aliphatic heterocycles. The number of aromatic carboxylic acids is 1. The molecular weight excluding hydrogens is 543 g/mol. The number of hydrogen-bond donors (Lipinski definition) is 3. The summed E-state index contributed by atoms with van der Waals surface area (Å²) >= 11 is 0. The van der Waals surface area contributed by atoms with Gasteiger partial charge in [0.05, 0.1) is 35.0 Å². The molecule has 210 valence electrons. The first-order valence-corrected chi connectivity index (χ1v) is 12.0. The molecule has 3 N–H and O–H groups in total. The number of imide groups is 1. The first-order valence-electron chi connectivity index (χ1n) is 12.0. The number of anilines is 3. The third-order valence-corrected chi connectivity index (χ3v) is 6.49. The second-order valence-electron chi connectivity index (χ2n) is 9.53. The Morgan fingerprint density at radius 3 is 2.27 bits per heavy atom. The molecule has 10 nitrogen and oxygen atoms in total. The van der Waals surface area contributed by atoms with E-state index in [1.54, 1.807) is 24.3 Å². The molecule has 0 atom stereocenters. The monoisotopic (exact) mass is 565 g/mol. The molecule has 1 saturated heterocycles. The van der Waals surface area contributed by atoms with Crippen molar-refractivity contribution in [3.63, 3.8) is 0 Å². The fourth-order valence-corrected chi connectivity index (χ4v) is 4.26. The van der Waals surface area contributed by atoms with Crippen molar-refractivity contribution >= 4 is 41.0 Å². The third-order valence-electron chi connectivity index (χ3n) is 6.49. The lowest BCUT2D eigenvalue weighted by molar-refractivity contribution is -0.137. The third kappa shape index (κ3) is 5.67. The average molecular weight is 566 g/mol. The maximum absolute atomic E-state index is 13.5. The number of benzene rings is 3. The van der Waals surface area contributed by atoms with E-state index in [0.29, 0.717) is 27.9 Å². The van der Waals surface area contributed by atoms with Gasteiger partial charge in [-0.3, -0.25) is 4.79 Å². The molecule has 5 amide bonds. The van der Waals surface area contributed by atoms with Crippen LogP contribution in [0.5, 0.6) is 0 Å². The number of nitrogens with one attached hydrogen (secondary N) is 2. The van der Waals surface area contributed by atoms with Crippen LogP contribution in [0.25, 0.3) is 0 Å². The molecule has 0 bridgehead atoms. The Morgan fingerprint density at radius 1 is 1.00 bits per heavy atom. The van der Waals surface area contributed by atoms with Crippen LogP contribution < -0.4 is 15.5 Å². The van der Waals surface area contributed by atoms with Crippen LogP contribution in [-0.4, -0.2) is 39.5 Å². The van der Waals surface area contributed by atoms with Gasteiger partial charge in [0.1, 0.15) is 5.54 Å². The highest BCUT2D eigenvalue weighted by Gasteiger charge is 2.52. The van der Waals surface area contributed by atoms with E-state index in [-0.39, 0.29) is 17.8 Å². The molecule has 0 aromatic heterocycles. The first kappa shape index (κ1) is 28.6. The number of carboxylic acid groups (broad SMARTS) is 1. The number of carbonyl (C=O) groups excluding carboxylic acids is 3. The van der Waals surface area contributed by atoms with E-state index in [1.165, 1.54) is 49.1 Å². The van der Waals surface area contributed by atoms with Crippen LogP contribution in [0.3, 0.4) is 0 Å². The lowest BCUT2D eigenvalue weighted by Crippen LogP contribution is -2.43. The van der Waals surface area contributed by atoms with Crippen molar-refractivity contribution in [1.82, 2.24) is 4.90 Å². The molecule has 0 aliphatic carbocycles. The summed E-state index contributed by atoms with van der Waals surface area (Å²) in [6.45, 7) is 2.72. The highest BCUT2D eigenvalue weighted by molar-refractivity contribution is 6.23. The number of nitrogens with zero attached hydrogens (tertiary/aromatic N) is 3. The molecule has 1 aliphatic rings. The van der Waals surface area contributed by atoms with E-state index in [9.17, 15) is 32.3 Å². The number of para-hydroxylation sites is 1. The lowest BCUT2D eigenvalue weighted by Gasteiger charge is -2.28. The summed E-state index contributed by atoms with van der Waals surface area (Å²) in [6.07, 6.45) is -4.88. The number of hydrogen-bond acceptors (Lipinski definition) is 5. The van der Waals surface area contributed by atoms with Crippen LogP contribution in [0.15, 0.2) is 66.7 Å². The van der Waals surface area contributed by atoms with E-state index in [4.69, 9.17) is 10.4 Å². The van der Waals surface area contributed by atoms with Crippen LogP contribution in [0.1, 0.15) is 40.9 Å². The van der Waals surface area contributed by atoms with Crippen molar-refractivity contribution < 1.29 is 37.5 Å². The van der Waals surface area contributed by atoms with Crippen molar-refractivity contribution in [2.45, 2.75) is 32.1 Å². The fourth-order valence-electron chi connectivity index (χ4n) is 4.26. The normalized spacial score (nSPS) is 14.5. The molecule has 0 unspecified atom stereocenters. The number of carbonyl (C=O) groups is 4. The summed E-state index contributed by atoms with van der Waals surface area (Å²) in [5.41, 5.74) is -2.64. The van der Waals surface area contributed by atoms with Gasteiger partial charge in [-0.1, -0.05) is 18.2 Å². The predicted molar refractivity (Wildman–Crippen MR) is 141 cm³/mol. The maximum atomic E-state index is 13.5. The summed E-state index contributed by atoms with van der Waals surface area (Å²) in [7, 11) is 0. The quantitative estimate of drug-likeness (QED) is 0.329. The average Bonchev–Trinajstić information content (AvgIpc) is 3.08. The summed E-state index contributed by atoms with van der Waals surface area (Å²) < 4.78 is 40.6. The number of carboxylic acids is 1. The van der Waals surface area contributed by atoms with E-state index >= 15 is 0 Å². The largest absolute Gasteiger partial charge is 0.478 e. The predicted octanol–water partition coefficient (Wildman–Crippen LogP) is 5.67. The van der Waals surface area contributed by atoms with Gasteiger partial charge >= 0.3 is 24.2 Å². The number of halogens is 3. The van der Waals surface area contributed by atoms with E-state index in [1.807, 2.05) is 0 Å². The van der Waals surface area contributed by atoms with Crippen molar-refractivity contribution in [3.8, 4) is 6.07 Å². The Kier molecular flexibility index (Phi) is 7.43. The van der Waals surface area contributed by atoms with Crippen LogP contribution >= 0.6 is 0 Å². The molecule has 0 spiro atoms. The molecule has 1 fully saturated rings. The number of rotatable bonds is 6. The number of urea groups is 2. The lowest BCUT2D eigenvalue weighted by atomic mass is 10.0. The van der Waals surface area contributed by atoms with Crippen molar-refractivity contribution in [2.75, 3.05) is 15.5 Å². The number of nitriles is 1. The van der Waals surface area contributed by atoms with Gasteiger partial charge in [0, 0.05) is 11.4 Å². The first-order chi connectivity index (χ1) is 19.2. The summed E-state index contributed by atoms with van der Waals surface area (Å²) in [5, 5.41) is 23.3. The Hall–Kier alpha value is -5.38. The highest BCUT2D eigenvalue weighted by atomic mass is 19.4. The molecule has 3 aromatic carbocycles. The minimum atomic E-state index is -4.88. The zero-order chi connectivity index (χ0) is 30.1. The molecule has 1 heterocycles. The minimum absolute atomic E-state index is 0.0402. The Balaban J connectivity index is 1.57. The standard InChI is InChI=1S/C28H22F3N5O5/c1-27(2)24(39)36(20-12-9-17(14-32)21(13-20)28(29,30)31)26(41)35(27)15-18-5-3-4-6-22(18)34-25(40)33-19-10-7-16(8-11-19)23(37)38/h3-13H,15H2,1-2H3,(H,37,38)(H2,33,34,40). The van der Waals surface area contributed by atoms with E-state index < -0.39 is 46.8 Å². The van der Waals surface area contributed by atoms with Gasteiger partial charge < -0.3 is 20.6 Å². The van der Waals surface area contributed by atoms with Gasteiger partial charge in [0.2, 0.25) is 0 Å². The number of amides is 5. The van der Waals surface area contributed by atoms with Gasteiger partial charge in [-0.15, -0.1) is 0 Å². The summed E-state index contributed by atoms with van der Waals surface area (Å²) in [6, 6.07) is 14.4. The van der Waals surface area contributed by atoms with Gasteiger partial charge in [-0.25, -0.2) is 19.3 Å².